The second-order valence-corrected chi connectivity index (χ2v) is 4.76. The van der Waals surface area contributed by atoms with E-state index in [2.05, 4.69) is 10.2 Å². The maximum Gasteiger partial charge on any atom is 0.321 e. The molecule has 1 aromatic heterocycles. The van der Waals surface area contributed by atoms with E-state index in [1.807, 2.05) is 49.7 Å². The van der Waals surface area contributed by atoms with Gasteiger partial charge in [0.1, 0.15) is 11.7 Å². The van der Waals surface area contributed by atoms with Crippen LogP contribution in [0.5, 0.6) is 0 Å². The number of hydrogen-bond donors (Lipinski definition) is 0. The largest absolute Gasteiger partial charge is 0.465 e. The van der Waals surface area contributed by atoms with Gasteiger partial charge < -0.3 is 9.30 Å². The van der Waals surface area contributed by atoms with Crippen LogP contribution in [0.3, 0.4) is 0 Å². The van der Waals surface area contributed by atoms with Crippen molar-refractivity contribution in [3.05, 3.63) is 47.0 Å². The molecule has 1 heterocycles. The molecular formula is C15H19N3O2. The van der Waals surface area contributed by atoms with Crippen molar-refractivity contribution in [3.8, 4) is 0 Å². The third-order valence-corrected chi connectivity index (χ3v) is 3.28. The van der Waals surface area contributed by atoms with E-state index in [1.54, 1.807) is 6.92 Å². The molecular weight excluding hydrogens is 254 g/mol. The predicted octanol–water partition coefficient (Wildman–Crippen LogP) is 2.13. The second kappa shape index (κ2) is 5.86. The highest BCUT2D eigenvalue weighted by atomic mass is 16.5. The van der Waals surface area contributed by atoms with Crippen LogP contribution in [0, 0.1) is 13.8 Å². The summed E-state index contributed by atoms with van der Waals surface area (Å²) < 4.78 is 7.02. The molecule has 1 aromatic carbocycles. The van der Waals surface area contributed by atoms with E-state index < -0.39 is 5.92 Å². The number of carbonyl (C=O) groups is 1. The second-order valence-electron chi connectivity index (χ2n) is 4.76. The van der Waals surface area contributed by atoms with Crippen LogP contribution in [-0.4, -0.2) is 27.3 Å². The molecule has 2 aromatic rings. The van der Waals surface area contributed by atoms with Crippen LogP contribution in [-0.2, 0) is 16.6 Å². The number of aryl methyl sites for hydroxylation is 2. The van der Waals surface area contributed by atoms with Crippen molar-refractivity contribution in [3.63, 3.8) is 0 Å². The Morgan fingerprint density at radius 1 is 1.35 bits per heavy atom. The number of ether oxygens (including phenoxy) is 1. The maximum absolute atomic E-state index is 12.3. The Morgan fingerprint density at radius 3 is 2.65 bits per heavy atom. The highest BCUT2D eigenvalue weighted by molar-refractivity contribution is 5.81. The van der Waals surface area contributed by atoms with Crippen molar-refractivity contribution in [2.24, 2.45) is 7.05 Å². The van der Waals surface area contributed by atoms with Gasteiger partial charge in [0.25, 0.3) is 0 Å². The fourth-order valence-corrected chi connectivity index (χ4v) is 2.14. The fraction of sp³-hybridized carbons (Fsp3) is 0.400. The van der Waals surface area contributed by atoms with Gasteiger partial charge in [-0.15, -0.1) is 10.2 Å². The normalized spacial score (nSPS) is 12.2. The minimum absolute atomic E-state index is 0.298. The van der Waals surface area contributed by atoms with Crippen molar-refractivity contribution >= 4 is 5.97 Å². The third-order valence-electron chi connectivity index (χ3n) is 3.28. The van der Waals surface area contributed by atoms with E-state index in [0.29, 0.717) is 12.4 Å². The summed E-state index contributed by atoms with van der Waals surface area (Å²) in [7, 11) is 1.85. The number of benzene rings is 1. The first-order chi connectivity index (χ1) is 9.54. The van der Waals surface area contributed by atoms with Crippen LogP contribution in [0.1, 0.15) is 35.6 Å². The molecule has 0 amide bonds. The topological polar surface area (TPSA) is 57.0 Å². The SMILES string of the molecule is CCOC(=O)C(c1cccc(C)c1)c1nnc(C)n1C. The molecule has 1 atom stereocenters. The molecule has 20 heavy (non-hydrogen) atoms. The standard InChI is InChI=1S/C15H19N3O2/c1-5-20-15(19)13(12-8-6-7-10(2)9-12)14-17-16-11(3)18(14)4/h6-9,13H,5H2,1-4H3. The molecule has 0 spiro atoms. The molecule has 1 unspecified atom stereocenters. The van der Waals surface area contributed by atoms with Gasteiger partial charge >= 0.3 is 5.97 Å². The van der Waals surface area contributed by atoms with Crippen molar-refractivity contribution in [2.45, 2.75) is 26.7 Å². The van der Waals surface area contributed by atoms with E-state index in [1.165, 1.54) is 0 Å². The zero-order valence-electron chi connectivity index (χ0n) is 12.3. The lowest BCUT2D eigenvalue weighted by Crippen LogP contribution is -2.21. The van der Waals surface area contributed by atoms with Gasteiger partial charge in [-0.25, -0.2) is 0 Å². The van der Waals surface area contributed by atoms with Gasteiger partial charge in [0.2, 0.25) is 0 Å². The number of carbonyl (C=O) groups excluding carboxylic acids is 1. The zero-order valence-corrected chi connectivity index (χ0v) is 12.3. The minimum atomic E-state index is -0.541. The molecule has 106 valence electrons. The van der Waals surface area contributed by atoms with Gasteiger partial charge in [-0.2, -0.15) is 0 Å². The first-order valence-corrected chi connectivity index (χ1v) is 6.63. The number of esters is 1. The zero-order chi connectivity index (χ0) is 14.7. The number of hydrogen-bond acceptors (Lipinski definition) is 4. The molecule has 5 heteroatoms. The van der Waals surface area contributed by atoms with Crippen LogP contribution in [0.15, 0.2) is 24.3 Å². The van der Waals surface area contributed by atoms with Gasteiger partial charge in [0.05, 0.1) is 6.61 Å². The van der Waals surface area contributed by atoms with Gasteiger partial charge in [0, 0.05) is 7.05 Å². The molecule has 5 nitrogen and oxygen atoms in total. The molecule has 0 radical (unpaired) electrons. The number of nitrogens with zero attached hydrogens (tertiary/aromatic N) is 3. The molecule has 0 saturated carbocycles. The van der Waals surface area contributed by atoms with Crippen molar-refractivity contribution in [1.29, 1.82) is 0 Å². The number of rotatable bonds is 4. The Bertz CT molecular complexity index is 619. The summed E-state index contributed by atoms with van der Waals surface area (Å²) in [6.07, 6.45) is 0. The van der Waals surface area contributed by atoms with E-state index >= 15 is 0 Å². The van der Waals surface area contributed by atoms with Gasteiger partial charge in [-0.05, 0) is 26.3 Å². The summed E-state index contributed by atoms with van der Waals surface area (Å²) in [6, 6.07) is 7.82. The van der Waals surface area contributed by atoms with Gasteiger partial charge in [-0.1, -0.05) is 29.8 Å². The number of aromatic nitrogens is 3. The average Bonchev–Trinajstić information content (AvgIpc) is 2.72. The predicted molar refractivity (Wildman–Crippen MR) is 75.4 cm³/mol. The molecule has 0 bridgehead atoms. The monoisotopic (exact) mass is 273 g/mol. The molecule has 0 N–H and O–H groups in total. The summed E-state index contributed by atoms with van der Waals surface area (Å²) in [5.41, 5.74) is 1.97. The third kappa shape index (κ3) is 2.71. The Labute approximate surface area is 118 Å². The smallest absolute Gasteiger partial charge is 0.321 e. The molecule has 2 rings (SSSR count). The van der Waals surface area contributed by atoms with Crippen LogP contribution in [0.2, 0.25) is 0 Å². The van der Waals surface area contributed by atoms with Crippen LogP contribution < -0.4 is 0 Å². The summed E-state index contributed by atoms with van der Waals surface area (Å²) in [5.74, 6) is 0.531. The molecule has 0 aliphatic heterocycles. The van der Waals surface area contributed by atoms with E-state index in [-0.39, 0.29) is 5.97 Å². The Hall–Kier alpha value is -2.17. The fourth-order valence-electron chi connectivity index (χ4n) is 2.14. The highest BCUT2D eigenvalue weighted by Crippen LogP contribution is 2.25. The summed E-state index contributed by atoms with van der Waals surface area (Å²) in [5, 5.41) is 8.17. The van der Waals surface area contributed by atoms with E-state index in [9.17, 15) is 4.79 Å². The maximum atomic E-state index is 12.3. The average molecular weight is 273 g/mol. The minimum Gasteiger partial charge on any atom is -0.465 e. The summed E-state index contributed by atoms with van der Waals surface area (Å²) in [6.45, 7) is 5.99. The lowest BCUT2D eigenvalue weighted by atomic mass is 9.96. The van der Waals surface area contributed by atoms with E-state index in [4.69, 9.17) is 4.74 Å². The van der Waals surface area contributed by atoms with Crippen LogP contribution in [0.4, 0.5) is 0 Å². The van der Waals surface area contributed by atoms with Crippen molar-refractivity contribution in [1.82, 2.24) is 14.8 Å². The molecule has 0 saturated heterocycles. The first kappa shape index (κ1) is 14.2. The lowest BCUT2D eigenvalue weighted by Gasteiger charge is -2.16. The first-order valence-electron chi connectivity index (χ1n) is 6.63. The lowest BCUT2D eigenvalue weighted by molar-refractivity contribution is -0.144. The van der Waals surface area contributed by atoms with Crippen LogP contribution >= 0.6 is 0 Å². The molecule has 0 fully saturated rings. The van der Waals surface area contributed by atoms with Gasteiger partial charge in [0.15, 0.2) is 5.82 Å². The van der Waals surface area contributed by atoms with Gasteiger partial charge in [-0.3, -0.25) is 4.79 Å². The highest BCUT2D eigenvalue weighted by Gasteiger charge is 2.29. The Morgan fingerprint density at radius 2 is 2.10 bits per heavy atom. The Balaban J connectivity index is 2.50. The Kier molecular flexibility index (Phi) is 4.17. The van der Waals surface area contributed by atoms with Crippen molar-refractivity contribution < 1.29 is 9.53 Å². The molecule has 0 aliphatic carbocycles. The summed E-state index contributed by atoms with van der Waals surface area (Å²) in [4.78, 5) is 12.3. The quantitative estimate of drug-likeness (QED) is 0.801. The molecule has 0 aliphatic rings. The van der Waals surface area contributed by atoms with Crippen molar-refractivity contribution in [2.75, 3.05) is 6.61 Å². The van der Waals surface area contributed by atoms with Crippen LogP contribution in [0.25, 0.3) is 0 Å². The summed E-state index contributed by atoms with van der Waals surface area (Å²) >= 11 is 0. The van der Waals surface area contributed by atoms with E-state index in [0.717, 1.165) is 17.0 Å².